The smallest absolute Gasteiger partial charge is 0.423 e. The molecule has 19 heavy (non-hydrogen) atoms. The van der Waals surface area contributed by atoms with Crippen LogP contribution < -0.4 is 11.2 Å². The molecule has 4 nitrogen and oxygen atoms in total. The summed E-state index contributed by atoms with van der Waals surface area (Å²) in [4.78, 5) is 10.9. The van der Waals surface area contributed by atoms with Gasteiger partial charge in [-0.05, 0) is 29.2 Å². The second kappa shape index (κ2) is 5.21. The molecule has 0 fully saturated rings. The van der Waals surface area contributed by atoms with E-state index in [0.29, 0.717) is 11.1 Å². The molecule has 0 bridgehead atoms. The van der Waals surface area contributed by atoms with Crippen molar-refractivity contribution < 1.29 is 19.2 Å². The standard InChI is InChI=1S/C13H11BFNO3/c15-12-6-5-10(14(18)19)7-11(12)8-1-3-9(4-2-8)13(16)17/h1-7,18-19H,(H2,16,17). The van der Waals surface area contributed by atoms with E-state index in [9.17, 15) is 9.18 Å². The fourth-order valence-corrected chi connectivity index (χ4v) is 1.74. The highest BCUT2D eigenvalue weighted by Gasteiger charge is 2.14. The number of amides is 1. The predicted molar refractivity (Wildman–Crippen MR) is 70.2 cm³/mol. The number of primary amides is 1. The van der Waals surface area contributed by atoms with Crippen molar-refractivity contribution in [3.8, 4) is 11.1 Å². The van der Waals surface area contributed by atoms with Gasteiger partial charge in [0.25, 0.3) is 0 Å². The van der Waals surface area contributed by atoms with Gasteiger partial charge in [-0.2, -0.15) is 0 Å². The van der Waals surface area contributed by atoms with Gasteiger partial charge in [-0.15, -0.1) is 0 Å². The highest BCUT2D eigenvalue weighted by Crippen LogP contribution is 2.22. The van der Waals surface area contributed by atoms with Gasteiger partial charge in [-0.25, -0.2) is 4.39 Å². The highest BCUT2D eigenvalue weighted by molar-refractivity contribution is 6.58. The third kappa shape index (κ3) is 2.81. The van der Waals surface area contributed by atoms with Crippen molar-refractivity contribution in [1.29, 1.82) is 0 Å². The molecule has 0 aliphatic heterocycles. The number of hydrogen-bond acceptors (Lipinski definition) is 3. The van der Waals surface area contributed by atoms with Crippen LogP contribution in [-0.2, 0) is 0 Å². The van der Waals surface area contributed by atoms with E-state index in [1.807, 2.05) is 0 Å². The van der Waals surface area contributed by atoms with E-state index in [1.165, 1.54) is 24.3 Å². The van der Waals surface area contributed by atoms with Gasteiger partial charge in [0.1, 0.15) is 5.82 Å². The van der Waals surface area contributed by atoms with Crippen molar-refractivity contribution in [2.45, 2.75) is 0 Å². The van der Waals surface area contributed by atoms with Crippen molar-refractivity contribution in [1.82, 2.24) is 0 Å². The minimum absolute atomic E-state index is 0.190. The monoisotopic (exact) mass is 259 g/mol. The molecule has 0 atom stereocenters. The summed E-state index contributed by atoms with van der Waals surface area (Å²) >= 11 is 0. The third-order valence-electron chi connectivity index (χ3n) is 2.77. The summed E-state index contributed by atoms with van der Waals surface area (Å²) in [6.07, 6.45) is 0. The fraction of sp³-hybridized carbons (Fsp3) is 0. The molecular formula is C13H11BFNO3. The molecule has 0 aliphatic rings. The van der Waals surface area contributed by atoms with Crippen LogP contribution in [0.5, 0.6) is 0 Å². The largest absolute Gasteiger partial charge is 0.488 e. The summed E-state index contributed by atoms with van der Waals surface area (Å²) in [7, 11) is -1.66. The number of benzene rings is 2. The van der Waals surface area contributed by atoms with Crippen molar-refractivity contribution in [3.05, 3.63) is 53.8 Å². The molecule has 2 aromatic rings. The Hall–Kier alpha value is -2.18. The first-order valence-electron chi connectivity index (χ1n) is 5.55. The molecule has 0 radical (unpaired) electrons. The number of carbonyl (C=O) groups excluding carboxylic acids is 1. The maximum atomic E-state index is 13.7. The Kier molecular flexibility index (Phi) is 3.64. The second-order valence-corrected chi connectivity index (χ2v) is 4.05. The molecule has 6 heteroatoms. The molecule has 0 unspecified atom stereocenters. The minimum Gasteiger partial charge on any atom is -0.423 e. The van der Waals surface area contributed by atoms with Crippen LogP contribution in [-0.4, -0.2) is 23.1 Å². The van der Waals surface area contributed by atoms with Gasteiger partial charge in [0.05, 0.1) is 0 Å². The summed E-state index contributed by atoms with van der Waals surface area (Å²) in [6, 6.07) is 9.86. The van der Waals surface area contributed by atoms with E-state index >= 15 is 0 Å². The Balaban J connectivity index is 2.45. The lowest BCUT2D eigenvalue weighted by Gasteiger charge is -2.07. The lowest BCUT2D eigenvalue weighted by Crippen LogP contribution is -2.29. The van der Waals surface area contributed by atoms with Gasteiger partial charge in [0, 0.05) is 11.1 Å². The van der Waals surface area contributed by atoms with Crippen LogP contribution in [0.3, 0.4) is 0 Å². The molecule has 2 rings (SSSR count). The summed E-state index contributed by atoms with van der Waals surface area (Å²) in [5.74, 6) is -1.05. The Labute approximate surface area is 109 Å². The maximum absolute atomic E-state index is 13.7. The van der Waals surface area contributed by atoms with Crippen molar-refractivity contribution in [2.24, 2.45) is 5.73 Å². The molecule has 96 valence electrons. The zero-order chi connectivity index (χ0) is 14.0. The van der Waals surface area contributed by atoms with Crippen LogP contribution in [0.1, 0.15) is 10.4 Å². The van der Waals surface area contributed by atoms with Gasteiger partial charge < -0.3 is 15.8 Å². The minimum atomic E-state index is -1.66. The van der Waals surface area contributed by atoms with E-state index in [1.54, 1.807) is 12.1 Å². The lowest BCUT2D eigenvalue weighted by molar-refractivity contribution is 0.100. The first kappa shape index (κ1) is 13.3. The molecule has 0 spiro atoms. The van der Waals surface area contributed by atoms with Crippen LogP contribution >= 0.6 is 0 Å². The number of halogens is 1. The molecule has 0 saturated carbocycles. The molecule has 0 heterocycles. The van der Waals surface area contributed by atoms with Crippen molar-refractivity contribution in [2.75, 3.05) is 0 Å². The van der Waals surface area contributed by atoms with E-state index in [4.69, 9.17) is 15.8 Å². The first-order valence-corrected chi connectivity index (χ1v) is 5.55. The average Bonchev–Trinajstić information content (AvgIpc) is 2.39. The van der Waals surface area contributed by atoms with Crippen LogP contribution in [0.25, 0.3) is 11.1 Å². The molecule has 0 saturated heterocycles. The number of rotatable bonds is 3. The molecule has 4 N–H and O–H groups in total. The Bertz CT molecular complexity index is 614. The lowest BCUT2D eigenvalue weighted by atomic mass is 9.79. The molecule has 1 amide bonds. The van der Waals surface area contributed by atoms with Crippen LogP contribution in [0.2, 0.25) is 0 Å². The quantitative estimate of drug-likeness (QED) is 0.692. The zero-order valence-corrected chi connectivity index (χ0v) is 9.88. The Morgan fingerprint density at radius 3 is 2.26 bits per heavy atom. The zero-order valence-electron chi connectivity index (χ0n) is 9.88. The summed E-state index contributed by atoms with van der Waals surface area (Å²) in [5, 5.41) is 18.1. The Morgan fingerprint density at radius 2 is 1.74 bits per heavy atom. The predicted octanol–water partition coefficient (Wildman–Crippen LogP) is 0.271. The second-order valence-electron chi connectivity index (χ2n) is 4.05. The van der Waals surface area contributed by atoms with E-state index in [0.717, 1.165) is 6.07 Å². The molecule has 0 aromatic heterocycles. The van der Waals surface area contributed by atoms with Crippen LogP contribution in [0.4, 0.5) is 4.39 Å². The van der Waals surface area contributed by atoms with E-state index in [-0.39, 0.29) is 11.0 Å². The third-order valence-corrected chi connectivity index (χ3v) is 2.77. The average molecular weight is 259 g/mol. The normalized spacial score (nSPS) is 10.3. The number of hydrogen-bond donors (Lipinski definition) is 3. The number of carbonyl (C=O) groups is 1. The number of nitrogens with two attached hydrogens (primary N) is 1. The Morgan fingerprint density at radius 1 is 1.11 bits per heavy atom. The maximum Gasteiger partial charge on any atom is 0.488 e. The fourth-order valence-electron chi connectivity index (χ4n) is 1.74. The van der Waals surface area contributed by atoms with Crippen LogP contribution in [0.15, 0.2) is 42.5 Å². The molecule has 0 aliphatic carbocycles. The van der Waals surface area contributed by atoms with Crippen molar-refractivity contribution >= 4 is 18.5 Å². The van der Waals surface area contributed by atoms with Crippen molar-refractivity contribution in [3.63, 3.8) is 0 Å². The van der Waals surface area contributed by atoms with Gasteiger partial charge >= 0.3 is 7.12 Å². The van der Waals surface area contributed by atoms with E-state index < -0.39 is 18.8 Å². The molecule has 2 aromatic carbocycles. The SMILES string of the molecule is NC(=O)c1ccc(-c2cc(B(O)O)ccc2F)cc1. The van der Waals surface area contributed by atoms with Gasteiger partial charge in [-0.1, -0.05) is 24.3 Å². The topological polar surface area (TPSA) is 83.6 Å². The summed E-state index contributed by atoms with van der Waals surface area (Å²) in [6.45, 7) is 0. The first-order chi connectivity index (χ1) is 8.99. The van der Waals surface area contributed by atoms with Gasteiger partial charge in [0.2, 0.25) is 5.91 Å². The van der Waals surface area contributed by atoms with Crippen LogP contribution in [0, 0.1) is 5.82 Å². The van der Waals surface area contributed by atoms with E-state index in [2.05, 4.69) is 0 Å². The van der Waals surface area contributed by atoms with Gasteiger partial charge in [-0.3, -0.25) is 4.79 Å². The highest BCUT2D eigenvalue weighted by atomic mass is 19.1. The van der Waals surface area contributed by atoms with Gasteiger partial charge in [0.15, 0.2) is 0 Å². The molecular weight excluding hydrogens is 248 g/mol. The summed E-state index contributed by atoms with van der Waals surface area (Å²) in [5.41, 5.74) is 6.37. The summed E-state index contributed by atoms with van der Waals surface area (Å²) < 4.78 is 13.7.